The molecule has 1 aliphatic rings. The molecule has 10 heteroatoms. The molecule has 0 saturated heterocycles. The molecule has 0 aliphatic heterocycles. The number of imidazole rings is 1. The number of hydrogen-bond acceptors (Lipinski definition) is 4. The van der Waals surface area contributed by atoms with Gasteiger partial charge in [0.15, 0.2) is 11.4 Å². The molecular formula is C20H15F3N4O3. The lowest BCUT2D eigenvalue weighted by atomic mass is 9.96. The van der Waals surface area contributed by atoms with Crippen molar-refractivity contribution < 1.29 is 22.7 Å². The van der Waals surface area contributed by atoms with Crippen molar-refractivity contribution in [3.63, 3.8) is 0 Å². The first-order valence-corrected chi connectivity index (χ1v) is 8.91. The van der Waals surface area contributed by atoms with Gasteiger partial charge < -0.3 is 15.0 Å². The van der Waals surface area contributed by atoms with Crippen molar-refractivity contribution in [2.75, 3.05) is 5.32 Å². The van der Waals surface area contributed by atoms with E-state index < -0.39 is 23.7 Å². The number of allylic oxidation sites excluding steroid dienone is 2. The number of aromatic nitrogens is 3. The minimum absolute atomic E-state index is 0.155. The van der Waals surface area contributed by atoms with E-state index in [0.717, 1.165) is 6.08 Å². The molecule has 154 valence electrons. The number of halogens is 3. The number of pyridine rings is 1. The zero-order valence-electron chi connectivity index (χ0n) is 15.3. The number of nitrogens with zero attached hydrogens (tertiary/aromatic N) is 1. The predicted octanol–water partition coefficient (Wildman–Crippen LogP) is 4.05. The Kier molecular flexibility index (Phi) is 4.90. The van der Waals surface area contributed by atoms with E-state index in [4.69, 9.17) is 4.74 Å². The highest BCUT2D eigenvalue weighted by atomic mass is 19.4. The predicted molar refractivity (Wildman–Crippen MR) is 103 cm³/mol. The van der Waals surface area contributed by atoms with Crippen molar-refractivity contribution >= 4 is 22.8 Å². The molecule has 2 aromatic heterocycles. The fourth-order valence-electron chi connectivity index (χ4n) is 3.00. The molecule has 1 aromatic carbocycles. The number of H-pyrrole nitrogens is 2. The number of aromatic amines is 2. The van der Waals surface area contributed by atoms with Crippen molar-refractivity contribution in [3.05, 3.63) is 70.8 Å². The number of carbonyl (C=O) groups is 1. The zero-order valence-corrected chi connectivity index (χ0v) is 15.3. The quantitative estimate of drug-likeness (QED) is 0.598. The molecule has 0 radical (unpaired) electrons. The van der Waals surface area contributed by atoms with Crippen molar-refractivity contribution in [2.24, 2.45) is 5.92 Å². The van der Waals surface area contributed by atoms with E-state index in [1.165, 1.54) is 18.3 Å². The van der Waals surface area contributed by atoms with Crippen LogP contribution in [0.3, 0.4) is 0 Å². The summed E-state index contributed by atoms with van der Waals surface area (Å²) in [6.07, 6.45) is 0.294. The summed E-state index contributed by atoms with van der Waals surface area (Å²) < 4.78 is 43.9. The monoisotopic (exact) mass is 416 g/mol. The van der Waals surface area contributed by atoms with Crippen molar-refractivity contribution in [1.29, 1.82) is 0 Å². The molecule has 4 rings (SSSR count). The maximum Gasteiger partial charge on any atom is 0.395 e. The van der Waals surface area contributed by atoms with Gasteiger partial charge in [-0.15, -0.1) is 0 Å². The van der Waals surface area contributed by atoms with Crippen LogP contribution in [-0.2, 0) is 4.79 Å². The normalized spacial score (nSPS) is 16.4. The number of alkyl halides is 3. The summed E-state index contributed by atoms with van der Waals surface area (Å²) in [5.74, 6) is -1.36. The molecule has 0 fully saturated rings. The summed E-state index contributed by atoms with van der Waals surface area (Å²) in [6.45, 7) is 0. The Morgan fingerprint density at radius 1 is 1.23 bits per heavy atom. The topological polar surface area (TPSA) is 99.9 Å². The second-order valence-corrected chi connectivity index (χ2v) is 6.60. The highest BCUT2D eigenvalue weighted by Gasteiger charge is 2.38. The number of benzene rings is 1. The van der Waals surface area contributed by atoms with E-state index in [0.29, 0.717) is 28.4 Å². The fraction of sp³-hybridized carbons (Fsp3) is 0.150. The van der Waals surface area contributed by atoms with E-state index in [1.807, 2.05) is 0 Å². The third-order valence-corrected chi connectivity index (χ3v) is 4.49. The van der Waals surface area contributed by atoms with Gasteiger partial charge in [-0.2, -0.15) is 13.2 Å². The lowest BCUT2D eigenvalue weighted by Crippen LogP contribution is -2.23. The first-order chi connectivity index (χ1) is 14.3. The van der Waals surface area contributed by atoms with Crippen LogP contribution in [0.25, 0.3) is 11.2 Å². The van der Waals surface area contributed by atoms with Crippen molar-refractivity contribution in [2.45, 2.75) is 12.6 Å². The molecule has 0 saturated carbocycles. The molecule has 0 bridgehead atoms. The molecule has 1 atom stereocenters. The Morgan fingerprint density at radius 2 is 2.07 bits per heavy atom. The SMILES string of the molecule is O=C(Nc1cccc(Oc2ccnc3[nH]c(=O)[nH]c23)c1)C1=CCC(C(F)(F)F)C=C1. The second-order valence-electron chi connectivity index (χ2n) is 6.60. The van der Waals surface area contributed by atoms with E-state index in [9.17, 15) is 22.8 Å². The Morgan fingerprint density at radius 3 is 2.80 bits per heavy atom. The molecule has 3 N–H and O–H groups in total. The van der Waals surface area contributed by atoms with Gasteiger partial charge in [0.05, 0.1) is 5.92 Å². The number of carbonyl (C=O) groups excluding carboxylic acids is 1. The number of nitrogens with one attached hydrogen (secondary N) is 3. The van der Waals surface area contributed by atoms with Crippen LogP contribution in [0.1, 0.15) is 6.42 Å². The first kappa shape index (κ1) is 19.5. The van der Waals surface area contributed by atoms with E-state index in [-0.39, 0.29) is 12.0 Å². The van der Waals surface area contributed by atoms with Crippen LogP contribution in [-0.4, -0.2) is 27.0 Å². The van der Waals surface area contributed by atoms with Crippen LogP contribution in [0.15, 0.2) is 65.1 Å². The van der Waals surface area contributed by atoms with Crippen LogP contribution in [0.5, 0.6) is 11.5 Å². The summed E-state index contributed by atoms with van der Waals surface area (Å²) in [4.78, 5) is 33.0. The number of hydrogen-bond donors (Lipinski definition) is 3. The number of rotatable bonds is 4. The molecule has 30 heavy (non-hydrogen) atoms. The summed E-state index contributed by atoms with van der Waals surface area (Å²) in [5.41, 5.74) is 0.875. The van der Waals surface area contributed by atoms with E-state index in [1.54, 1.807) is 30.3 Å². The van der Waals surface area contributed by atoms with Gasteiger partial charge in [-0.05, 0) is 18.6 Å². The van der Waals surface area contributed by atoms with E-state index in [2.05, 4.69) is 20.3 Å². The Labute approximate surface area is 167 Å². The van der Waals surface area contributed by atoms with Crippen LogP contribution >= 0.6 is 0 Å². The summed E-state index contributed by atoms with van der Waals surface area (Å²) in [7, 11) is 0. The highest BCUT2D eigenvalue weighted by molar-refractivity contribution is 6.06. The summed E-state index contributed by atoms with van der Waals surface area (Å²) in [6, 6.07) is 8.05. The van der Waals surface area contributed by atoms with Gasteiger partial charge in [0.1, 0.15) is 11.3 Å². The zero-order chi connectivity index (χ0) is 21.3. The molecule has 1 aliphatic carbocycles. The summed E-state index contributed by atoms with van der Waals surface area (Å²) in [5, 5.41) is 2.64. The van der Waals surface area contributed by atoms with Gasteiger partial charge in [-0.1, -0.05) is 24.3 Å². The molecule has 7 nitrogen and oxygen atoms in total. The average Bonchev–Trinajstić information content (AvgIpc) is 3.09. The van der Waals surface area contributed by atoms with Crippen LogP contribution in [0.4, 0.5) is 18.9 Å². The van der Waals surface area contributed by atoms with Gasteiger partial charge in [0, 0.05) is 29.6 Å². The van der Waals surface area contributed by atoms with Crippen LogP contribution in [0.2, 0.25) is 0 Å². The van der Waals surface area contributed by atoms with E-state index >= 15 is 0 Å². The van der Waals surface area contributed by atoms with Gasteiger partial charge >= 0.3 is 11.9 Å². The minimum Gasteiger partial charge on any atom is -0.455 e. The largest absolute Gasteiger partial charge is 0.455 e. The minimum atomic E-state index is -4.33. The molecule has 0 spiro atoms. The molecule has 2 heterocycles. The standard InChI is InChI=1S/C20H15F3N4O3/c21-20(22,23)12-6-4-11(5-7-12)18(28)25-13-2-1-3-14(10-13)30-15-8-9-24-17-16(15)26-19(29)27-17/h1-6,8-10,12H,7H2,(H,25,28)(H2,24,26,27,29). The second kappa shape index (κ2) is 7.54. The number of amides is 1. The molecule has 1 amide bonds. The fourth-order valence-corrected chi connectivity index (χ4v) is 3.00. The lowest BCUT2D eigenvalue weighted by molar-refractivity contribution is -0.160. The average molecular weight is 416 g/mol. The van der Waals surface area contributed by atoms with Crippen LogP contribution in [0, 0.1) is 5.92 Å². The molecule has 3 aromatic rings. The molecular weight excluding hydrogens is 401 g/mol. The smallest absolute Gasteiger partial charge is 0.395 e. The van der Waals surface area contributed by atoms with Gasteiger partial charge in [-0.3, -0.25) is 9.78 Å². The van der Waals surface area contributed by atoms with Gasteiger partial charge in [0.2, 0.25) is 0 Å². The van der Waals surface area contributed by atoms with Crippen LogP contribution < -0.4 is 15.7 Å². The summed E-state index contributed by atoms with van der Waals surface area (Å²) >= 11 is 0. The maximum atomic E-state index is 12.7. The Hall–Kier alpha value is -3.82. The van der Waals surface area contributed by atoms with Gasteiger partial charge in [0.25, 0.3) is 5.91 Å². The number of anilines is 1. The van der Waals surface area contributed by atoms with Crippen molar-refractivity contribution in [1.82, 2.24) is 15.0 Å². The third-order valence-electron chi connectivity index (χ3n) is 4.49. The highest BCUT2D eigenvalue weighted by Crippen LogP contribution is 2.33. The Balaban J connectivity index is 1.47. The van der Waals surface area contributed by atoms with Crippen molar-refractivity contribution in [3.8, 4) is 11.5 Å². The number of ether oxygens (including phenoxy) is 1. The third kappa shape index (κ3) is 4.12. The first-order valence-electron chi connectivity index (χ1n) is 8.91. The maximum absolute atomic E-state index is 12.7. The lowest BCUT2D eigenvalue weighted by Gasteiger charge is -2.18. The van der Waals surface area contributed by atoms with Gasteiger partial charge in [-0.25, -0.2) is 9.78 Å². The Bertz CT molecular complexity index is 1220. The molecule has 1 unspecified atom stereocenters. The number of fused-ring (bicyclic) bond motifs is 1.